The summed E-state index contributed by atoms with van der Waals surface area (Å²) < 4.78 is 48.7. The van der Waals surface area contributed by atoms with Gasteiger partial charge in [-0.25, -0.2) is 0 Å². The Bertz CT molecular complexity index is 819. The molecule has 0 aromatic rings. The number of nitrogens with one attached hydrogen (secondary N) is 1. The minimum absolute atomic E-state index is 0.133. The molecule has 5 N–H and O–H groups in total. The molecule has 0 saturated heterocycles. The lowest BCUT2D eigenvalue weighted by Crippen LogP contribution is -2.51. The van der Waals surface area contributed by atoms with E-state index in [0.717, 1.165) is 6.66 Å². The summed E-state index contributed by atoms with van der Waals surface area (Å²) in [5, 5.41) is 21.0. The molecule has 5 atom stereocenters. The highest BCUT2D eigenvalue weighted by Crippen LogP contribution is 2.46. The molecular weight excluding hydrogens is 469 g/mol. The zero-order valence-electron chi connectivity index (χ0n) is 18.8. The second-order valence-electron chi connectivity index (χ2n) is 8.65. The molecule has 1 amide bonds. The number of carbonyl (C=O) groups is 3. The van der Waals surface area contributed by atoms with Crippen LogP contribution in [0.5, 0.6) is 0 Å². The lowest BCUT2D eigenvalue weighted by molar-refractivity contribution is -0.146. The van der Waals surface area contributed by atoms with E-state index in [9.17, 15) is 42.5 Å². The Kier molecular flexibility index (Phi) is 11.5. The number of rotatable bonds is 14. The second kappa shape index (κ2) is 12.1. The SMILES string of the molecule is CCC(CC(CC(C(=O)OCC(C)O)P(C)(=O)O)C(=O)NC(C)(C)CS(=O)(=O)O)C(=O)O. The zero-order valence-corrected chi connectivity index (χ0v) is 20.6. The Hall–Kier alpha value is -1.53. The monoisotopic (exact) mass is 503 g/mol. The summed E-state index contributed by atoms with van der Waals surface area (Å²) in [7, 11) is -8.63. The Morgan fingerprint density at radius 3 is 2.06 bits per heavy atom. The third-order valence-corrected chi connectivity index (χ3v) is 7.28. The maximum absolute atomic E-state index is 12.9. The molecule has 0 radical (unpaired) electrons. The van der Waals surface area contributed by atoms with Gasteiger partial charge in [0.05, 0.1) is 23.3 Å². The summed E-state index contributed by atoms with van der Waals surface area (Å²) in [6, 6.07) is 0. The maximum Gasteiger partial charge on any atom is 0.318 e. The molecule has 0 aromatic heterocycles. The van der Waals surface area contributed by atoms with E-state index in [0.29, 0.717) is 0 Å². The molecule has 0 aromatic carbocycles. The number of aliphatic hydroxyl groups is 1. The number of aliphatic carboxylic acids is 1. The average molecular weight is 504 g/mol. The van der Waals surface area contributed by atoms with Gasteiger partial charge in [0.1, 0.15) is 12.3 Å². The minimum atomic E-state index is -4.46. The quantitative estimate of drug-likeness (QED) is 0.125. The number of hydrogen-bond acceptors (Lipinski definition) is 8. The van der Waals surface area contributed by atoms with Crippen molar-refractivity contribution in [2.45, 2.75) is 64.3 Å². The Labute approximate surface area is 187 Å². The van der Waals surface area contributed by atoms with E-state index in [1.165, 1.54) is 20.8 Å². The normalized spacial score (nSPS) is 18.0. The summed E-state index contributed by atoms with van der Waals surface area (Å²) in [6.45, 7) is 5.98. The summed E-state index contributed by atoms with van der Waals surface area (Å²) in [4.78, 5) is 46.9. The highest BCUT2D eigenvalue weighted by atomic mass is 32.2. The number of carbonyl (C=O) groups excluding carboxylic acids is 2. The predicted octanol–water partition coefficient (Wildman–Crippen LogP) is 0.469. The molecule has 0 heterocycles. The molecule has 5 unspecified atom stereocenters. The Morgan fingerprint density at radius 1 is 1.16 bits per heavy atom. The third kappa shape index (κ3) is 11.9. The molecule has 0 bridgehead atoms. The van der Waals surface area contributed by atoms with Crippen LogP contribution >= 0.6 is 7.37 Å². The van der Waals surface area contributed by atoms with E-state index in [2.05, 4.69) is 5.32 Å². The van der Waals surface area contributed by atoms with Crippen LogP contribution in [-0.4, -0.2) is 82.2 Å². The van der Waals surface area contributed by atoms with Crippen molar-refractivity contribution < 1.29 is 51.8 Å². The molecular formula is C18H34NO11PS. The van der Waals surface area contributed by atoms with Gasteiger partial charge in [-0.15, -0.1) is 0 Å². The first-order chi connectivity index (χ1) is 14.3. The first-order valence-corrected chi connectivity index (χ1v) is 13.7. The first-order valence-electron chi connectivity index (χ1n) is 9.93. The average Bonchev–Trinajstić information content (AvgIpc) is 2.55. The van der Waals surface area contributed by atoms with Crippen LogP contribution in [0.15, 0.2) is 0 Å². The predicted molar refractivity (Wildman–Crippen MR) is 115 cm³/mol. The number of aliphatic hydroxyl groups excluding tert-OH is 1. The van der Waals surface area contributed by atoms with Crippen LogP contribution in [0.3, 0.4) is 0 Å². The molecule has 0 saturated carbocycles. The van der Waals surface area contributed by atoms with Crippen molar-refractivity contribution in [1.29, 1.82) is 0 Å². The molecule has 14 heteroatoms. The van der Waals surface area contributed by atoms with Gasteiger partial charge in [-0.3, -0.25) is 23.5 Å². The lowest BCUT2D eigenvalue weighted by atomic mass is 9.88. The van der Waals surface area contributed by atoms with Gasteiger partial charge in [-0.1, -0.05) is 6.92 Å². The van der Waals surface area contributed by atoms with Crippen molar-refractivity contribution in [3.63, 3.8) is 0 Å². The largest absolute Gasteiger partial charge is 0.481 e. The molecule has 0 rings (SSSR count). The molecule has 0 aliphatic carbocycles. The fourth-order valence-electron chi connectivity index (χ4n) is 3.08. The number of esters is 1. The molecule has 12 nitrogen and oxygen atoms in total. The number of carboxylic acid groups (broad SMARTS) is 1. The highest BCUT2D eigenvalue weighted by molar-refractivity contribution is 7.85. The van der Waals surface area contributed by atoms with Gasteiger partial charge in [0, 0.05) is 12.6 Å². The second-order valence-corrected chi connectivity index (χ2v) is 12.6. The Morgan fingerprint density at radius 2 is 1.69 bits per heavy atom. The van der Waals surface area contributed by atoms with Crippen LogP contribution < -0.4 is 5.32 Å². The Balaban J connectivity index is 5.93. The highest BCUT2D eigenvalue weighted by Gasteiger charge is 2.40. The van der Waals surface area contributed by atoms with Crippen molar-refractivity contribution in [1.82, 2.24) is 5.32 Å². The van der Waals surface area contributed by atoms with Crippen LogP contribution in [0.1, 0.15) is 47.0 Å². The minimum Gasteiger partial charge on any atom is -0.481 e. The third-order valence-electron chi connectivity index (χ3n) is 4.61. The van der Waals surface area contributed by atoms with E-state index >= 15 is 0 Å². The van der Waals surface area contributed by atoms with Crippen LogP contribution in [0.25, 0.3) is 0 Å². The van der Waals surface area contributed by atoms with Crippen LogP contribution in [0.4, 0.5) is 0 Å². The molecule has 0 aliphatic rings. The van der Waals surface area contributed by atoms with Crippen LogP contribution in [-0.2, 0) is 33.8 Å². The summed E-state index contributed by atoms with van der Waals surface area (Å²) in [5.41, 5.74) is -3.13. The van der Waals surface area contributed by atoms with Crippen LogP contribution in [0.2, 0.25) is 0 Å². The van der Waals surface area contributed by atoms with Gasteiger partial charge in [0.25, 0.3) is 10.1 Å². The fraction of sp³-hybridized carbons (Fsp3) is 0.833. The molecule has 188 valence electrons. The van der Waals surface area contributed by atoms with E-state index in [4.69, 9.17) is 9.29 Å². The smallest absolute Gasteiger partial charge is 0.318 e. The van der Waals surface area contributed by atoms with Gasteiger partial charge in [0.15, 0.2) is 0 Å². The summed E-state index contributed by atoms with van der Waals surface area (Å²) in [5.74, 6) is -6.29. The fourth-order valence-corrected chi connectivity index (χ4v) is 5.17. The van der Waals surface area contributed by atoms with Gasteiger partial charge in [-0.05, 0) is 40.0 Å². The van der Waals surface area contributed by atoms with Crippen molar-refractivity contribution in [2.24, 2.45) is 11.8 Å². The van der Waals surface area contributed by atoms with Crippen molar-refractivity contribution >= 4 is 35.3 Å². The van der Waals surface area contributed by atoms with Gasteiger partial charge < -0.3 is 25.2 Å². The van der Waals surface area contributed by atoms with Gasteiger partial charge >= 0.3 is 11.9 Å². The van der Waals surface area contributed by atoms with Crippen molar-refractivity contribution in [2.75, 3.05) is 19.0 Å². The molecule has 0 spiro atoms. The zero-order chi connectivity index (χ0) is 25.5. The summed E-state index contributed by atoms with van der Waals surface area (Å²) >= 11 is 0. The maximum atomic E-state index is 12.9. The van der Waals surface area contributed by atoms with Crippen molar-refractivity contribution in [3.05, 3.63) is 0 Å². The van der Waals surface area contributed by atoms with Crippen LogP contribution in [0, 0.1) is 11.8 Å². The first kappa shape index (κ1) is 30.5. The topological polar surface area (TPSA) is 205 Å². The number of amides is 1. The van der Waals surface area contributed by atoms with Gasteiger partial charge in [-0.2, -0.15) is 8.42 Å². The van der Waals surface area contributed by atoms with E-state index in [-0.39, 0.29) is 12.8 Å². The number of ether oxygens (including phenoxy) is 1. The molecule has 0 aliphatic heterocycles. The van der Waals surface area contributed by atoms with Gasteiger partial charge in [0.2, 0.25) is 13.3 Å². The number of hydrogen-bond donors (Lipinski definition) is 5. The molecule has 0 fully saturated rings. The molecule has 32 heavy (non-hydrogen) atoms. The number of carboxylic acids is 1. The van der Waals surface area contributed by atoms with E-state index in [1.54, 1.807) is 6.92 Å². The van der Waals surface area contributed by atoms with E-state index < -0.39 is 83.3 Å². The van der Waals surface area contributed by atoms with E-state index in [1.807, 2.05) is 0 Å². The summed E-state index contributed by atoms with van der Waals surface area (Å²) in [6.07, 6.45) is -1.74. The standard InChI is InChI=1S/C18H34NO11PS/c1-6-12(16(22)23)7-13(15(21)19-18(3,4)10-32(27,28)29)8-14(31(5,25)26)17(24)30-9-11(2)20/h11-14,20H,6-10H2,1-5H3,(H,19,21)(H,22,23)(H,25,26)(H,27,28,29). The van der Waals surface area contributed by atoms with Crippen molar-refractivity contribution in [3.8, 4) is 0 Å². The lowest BCUT2D eigenvalue weighted by Gasteiger charge is -2.30.